The van der Waals surface area contributed by atoms with Gasteiger partial charge in [-0.05, 0) is 42.5 Å². The van der Waals surface area contributed by atoms with Crippen molar-refractivity contribution in [2.24, 2.45) is 13.0 Å². The number of hydrogen-bond acceptors (Lipinski definition) is 4. The molecule has 0 aliphatic heterocycles. The third kappa shape index (κ3) is 13.1. The molecular weight excluding hydrogens is 547 g/mol. The van der Waals surface area contributed by atoms with Crippen molar-refractivity contribution in [2.45, 2.75) is 90.9 Å². The number of nitrogens with zero attached hydrogens (tertiary/aromatic N) is 3. The highest BCUT2D eigenvalue weighted by Gasteiger charge is 2.30. The highest BCUT2D eigenvalue weighted by atomic mass is 19.4. The average Bonchev–Trinajstić information content (AvgIpc) is 3.49. The summed E-state index contributed by atoms with van der Waals surface area (Å²) in [4.78, 5) is 31.1. The van der Waals surface area contributed by atoms with Gasteiger partial charge in [0.1, 0.15) is 11.5 Å². The number of carbonyl (C=O) groups excluding carboxylic acids is 2. The minimum absolute atomic E-state index is 0.109. The average molecular weight is 587 g/mol. The number of imidazole rings is 1. The molecule has 1 fully saturated rings. The molecule has 0 radical (unpaired) electrons. The summed E-state index contributed by atoms with van der Waals surface area (Å²) in [6.45, 7) is 6.79. The van der Waals surface area contributed by atoms with Gasteiger partial charge in [-0.1, -0.05) is 33.3 Å². The lowest BCUT2D eigenvalue weighted by atomic mass is 9.97. The Balaban J connectivity index is 0.000000407. The van der Waals surface area contributed by atoms with E-state index in [1.54, 1.807) is 31.3 Å². The summed E-state index contributed by atoms with van der Waals surface area (Å²) < 4.78 is 62.3. The van der Waals surface area contributed by atoms with Crippen LogP contribution in [0.5, 0.6) is 0 Å². The molecule has 0 bridgehead atoms. The lowest BCUT2D eigenvalue weighted by Gasteiger charge is -2.20. The number of benzene rings is 1. The largest absolute Gasteiger partial charge is 0.389 e. The van der Waals surface area contributed by atoms with Crippen LogP contribution in [0.4, 0.5) is 22.0 Å². The number of carbonyl (C=O) groups is 2. The van der Waals surface area contributed by atoms with Gasteiger partial charge in [0, 0.05) is 39.1 Å². The smallest absolute Gasteiger partial charge is 0.352 e. The Morgan fingerprint density at radius 2 is 1.71 bits per heavy atom. The van der Waals surface area contributed by atoms with Gasteiger partial charge >= 0.3 is 6.18 Å². The molecule has 2 heterocycles. The quantitative estimate of drug-likeness (QED) is 0.278. The van der Waals surface area contributed by atoms with Gasteiger partial charge in [-0.2, -0.15) is 18.3 Å². The Hall–Kier alpha value is -3.51. The van der Waals surface area contributed by atoms with E-state index in [1.165, 1.54) is 10.9 Å². The zero-order chi connectivity index (χ0) is 30.6. The highest BCUT2D eigenvalue weighted by molar-refractivity contribution is 5.92. The monoisotopic (exact) mass is 586 g/mol. The second-order valence-corrected chi connectivity index (χ2v) is 10.6. The Morgan fingerprint density at radius 1 is 1.05 bits per heavy atom. The molecule has 2 aromatic heterocycles. The molecule has 0 atom stereocenters. The summed E-state index contributed by atoms with van der Waals surface area (Å²) in [6, 6.07) is 6.81. The summed E-state index contributed by atoms with van der Waals surface area (Å²) in [7, 11) is 1.67. The summed E-state index contributed by atoms with van der Waals surface area (Å²) in [5.41, 5.74) is 2.50. The van der Waals surface area contributed by atoms with Gasteiger partial charge in [0.2, 0.25) is 11.8 Å². The summed E-state index contributed by atoms with van der Waals surface area (Å²) in [6.07, 6.45) is -1.91. The van der Waals surface area contributed by atoms with Crippen LogP contribution in [0.1, 0.15) is 87.6 Å². The van der Waals surface area contributed by atoms with E-state index in [0.29, 0.717) is 41.0 Å². The molecule has 8 nitrogen and oxygen atoms in total. The van der Waals surface area contributed by atoms with Crippen LogP contribution in [0, 0.1) is 5.92 Å². The molecule has 13 heteroatoms. The van der Waals surface area contributed by atoms with Gasteiger partial charge in [-0.3, -0.25) is 14.3 Å². The van der Waals surface area contributed by atoms with Crippen LogP contribution in [0.2, 0.25) is 0 Å². The minimum Gasteiger partial charge on any atom is -0.352 e. The number of aromatic nitrogens is 4. The Bertz CT molecular complexity index is 1240. The number of amides is 2. The number of aromatic amines is 1. The van der Waals surface area contributed by atoms with Gasteiger partial charge in [-0.15, -0.1) is 0 Å². The fourth-order valence-corrected chi connectivity index (χ4v) is 3.77. The first kappa shape index (κ1) is 33.7. The molecule has 1 aliphatic rings. The molecular formula is C28H39F5N6O2. The van der Waals surface area contributed by atoms with Crippen molar-refractivity contribution in [1.29, 1.82) is 0 Å². The van der Waals surface area contributed by atoms with Crippen LogP contribution in [0.25, 0.3) is 11.0 Å². The minimum atomic E-state index is -4.35. The maximum atomic E-state index is 12.2. The molecule has 228 valence electrons. The van der Waals surface area contributed by atoms with Crippen molar-refractivity contribution in [3.63, 3.8) is 0 Å². The van der Waals surface area contributed by atoms with Crippen LogP contribution < -0.4 is 10.6 Å². The molecule has 41 heavy (non-hydrogen) atoms. The first-order chi connectivity index (χ1) is 19.1. The van der Waals surface area contributed by atoms with Gasteiger partial charge in [0.25, 0.3) is 5.91 Å². The third-order valence-electron chi connectivity index (χ3n) is 5.78. The van der Waals surface area contributed by atoms with Crippen molar-refractivity contribution in [1.82, 2.24) is 30.4 Å². The Morgan fingerprint density at radius 3 is 2.24 bits per heavy atom. The molecule has 3 aromatic rings. The van der Waals surface area contributed by atoms with E-state index in [-0.39, 0.29) is 31.8 Å². The number of halogens is 5. The van der Waals surface area contributed by atoms with E-state index < -0.39 is 30.8 Å². The number of alkyl halides is 5. The molecule has 3 N–H and O–H groups in total. The molecule has 0 saturated heterocycles. The molecule has 4 rings (SSSR count). The number of rotatable bonds is 7. The topological polar surface area (TPSA) is 105 Å². The van der Waals surface area contributed by atoms with Crippen LogP contribution in [-0.4, -0.2) is 43.7 Å². The van der Waals surface area contributed by atoms with E-state index in [2.05, 4.69) is 46.5 Å². The van der Waals surface area contributed by atoms with Gasteiger partial charge < -0.3 is 15.6 Å². The molecule has 2 amide bonds. The molecule has 1 aromatic carbocycles. The third-order valence-corrected chi connectivity index (χ3v) is 5.78. The predicted molar refractivity (Wildman–Crippen MR) is 146 cm³/mol. The number of hydrogen-bond donors (Lipinski definition) is 3. The van der Waals surface area contributed by atoms with Crippen molar-refractivity contribution < 1.29 is 31.5 Å². The zero-order valence-electron chi connectivity index (χ0n) is 23.9. The number of aryl methyl sites for hydroxylation is 1. The molecule has 0 unspecified atom stereocenters. The standard InChI is InChI=1S/C18H19F3N6O2.C6H10F2.C4H10/c1-27-14(5-7-24-27)17(29)23-10-15-25-12-3-2-11(8-13(12)26-15)9-22-16(28)4-6-18(19,20)21;7-6(8)4-2-1-3-5-6;1-4(2)3/h2-3,5,7-8H,4,6,9-10H2,1H3,(H,22,28)(H,23,29)(H,25,26);1-5H2;4H,1-3H3. The van der Waals surface area contributed by atoms with Crippen LogP contribution >= 0.6 is 0 Å². The first-order valence-electron chi connectivity index (χ1n) is 13.6. The lowest BCUT2D eigenvalue weighted by Crippen LogP contribution is -2.25. The predicted octanol–water partition coefficient (Wildman–Crippen LogP) is 6.43. The van der Waals surface area contributed by atoms with Gasteiger partial charge in [0.15, 0.2) is 0 Å². The van der Waals surface area contributed by atoms with Crippen molar-refractivity contribution >= 4 is 22.8 Å². The van der Waals surface area contributed by atoms with Gasteiger partial charge in [0.05, 0.1) is 24.0 Å². The second-order valence-electron chi connectivity index (χ2n) is 10.6. The van der Waals surface area contributed by atoms with Crippen molar-refractivity contribution in [3.05, 3.63) is 47.5 Å². The Labute approximate surface area is 236 Å². The highest BCUT2D eigenvalue weighted by Crippen LogP contribution is 2.32. The SMILES string of the molecule is CC(C)C.Cn1nccc1C(=O)NCc1nc2ccc(CNC(=O)CCC(F)(F)F)cc2[nH]1.FC1(F)CCCCC1. The fourth-order valence-electron chi connectivity index (χ4n) is 3.77. The Kier molecular flexibility index (Phi) is 12.7. The van der Waals surface area contributed by atoms with Crippen LogP contribution in [0.15, 0.2) is 30.5 Å². The van der Waals surface area contributed by atoms with E-state index in [1.807, 2.05) is 0 Å². The first-order valence-corrected chi connectivity index (χ1v) is 13.6. The van der Waals surface area contributed by atoms with E-state index in [9.17, 15) is 31.5 Å². The number of fused-ring (bicyclic) bond motifs is 1. The van der Waals surface area contributed by atoms with E-state index in [0.717, 1.165) is 12.3 Å². The fraction of sp³-hybridized carbons (Fsp3) is 0.571. The maximum Gasteiger partial charge on any atom is 0.389 e. The summed E-state index contributed by atoms with van der Waals surface area (Å²) in [5, 5.41) is 9.14. The summed E-state index contributed by atoms with van der Waals surface area (Å²) >= 11 is 0. The van der Waals surface area contributed by atoms with Crippen molar-refractivity contribution in [2.75, 3.05) is 0 Å². The van der Waals surface area contributed by atoms with Crippen molar-refractivity contribution in [3.8, 4) is 0 Å². The molecule has 1 aliphatic carbocycles. The lowest BCUT2D eigenvalue weighted by molar-refractivity contribution is -0.144. The summed E-state index contributed by atoms with van der Waals surface area (Å²) in [5.74, 6) is -1.89. The van der Waals surface area contributed by atoms with Crippen LogP contribution in [0.3, 0.4) is 0 Å². The van der Waals surface area contributed by atoms with Crippen LogP contribution in [-0.2, 0) is 24.9 Å². The number of H-pyrrole nitrogens is 1. The zero-order valence-corrected chi connectivity index (χ0v) is 23.9. The molecule has 0 spiro atoms. The van der Waals surface area contributed by atoms with E-state index in [4.69, 9.17) is 0 Å². The second kappa shape index (κ2) is 15.5. The maximum absolute atomic E-state index is 12.2. The van der Waals surface area contributed by atoms with E-state index >= 15 is 0 Å². The molecule has 1 saturated carbocycles. The normalized spacial score (nSPS) is 14.5. The number of nitrogens with one attached hydrogen (secondary N) is 3. The van der Waals surface area contributed by atoms with Gasteiger partial charge in [-0.25, -0.2) is 13.8 Å².